The van der Waals surface area contributed by atoms with Gasteiger partial charge in [0.2, 0.25) is 0 Å². The monoisotopic (exact) mass is 479 g/mol. The van der Waals surface area contributed by atoms with Crippen LogP contribution in [0, 0.1) is 0 Å². The zero-order valence-corrected chi connectivity index (χ0v) is 22.8. The average Bonchev–Trinajstić information content (AvgIpc) is 3.15. The molecule has 0 saturated heterocycles. The molecule has 0 bridgehead atoms. The molecule has 2 N–H and O–H groups in total. The highest BCUT2D eigenvalue weighted by Gasteiger charge is 2.37. The lowest BCUT2D eigenvalue weighted by molar-refractivity contribution is 0.266. The minimum atomic E-state index is -1.78. The van der Waals surface area contributed by atoms with Gasteiger partial charge in [-0.15, -0.1) is 0 Å². The Morgan fingerprint density at radius 2 is 1.78 bits per heavy atom. The fourth-order valence-electron chi connectivity index (χ4n) is 3.35. The third kappa shape index (κ3) is 7.27. The first-order valence-electron chi connectivity index (χ1n) is 11.2. The van der Waals surface area contributed by atoms with Crippen molar-refractivity contribution in [1.29, 1.82) is 0 Å². The summed E-state index contributed by atoms with van der Waals surface area (Å²) >= 11 is 0. The van der Waals surface area contributed by atoms with E-state index in [4.69, 9.17) is 14.3 Å². The molecule has 180 valence electrons. The van der Waals surface area contributed by atoms with Gasteiger partial charge in [0.25, 0.3) is 0 Å². The van der Waals surface area contributed by atoms with Gasteiger partial charge < -0.3 is 9.16 Å². The van der Waals surface area contributed by atoms with E-state index in [0.717, 1.165) is 17.7 Å². The third-order valence-electron chi connectivity index (χ3n) is 6.64. The molecule has 0 fully saturated rings. The zero-order chi connectivity index (χ0) is 24.2. The van der Waals surface area contributed by atoms with Crippen LogP contribution < -0.4 is 9.88 Å². The predicted molar refractivity (Wildman–Crippen MR) is 136 cm³/mol. The maximum absolute atomic E-state index is 12.1. The van der Waals surface area contributed by atoms with Gasteiger partial charge in [-0.1, -0.05) is 32.9 Å². The smallest absolute Gasteiger partial charge is 0.192 e. The molecule has 1 heterocycles. The summed E-state index contributed by atoms with van der Waals surface area (Å²) in [5, 5.41) is 10.6. The Morgan fingerprint density at radius 1 is 1.16 bits per heavy atom. The summed E-state index contributed by atoms with van der Waals surface area (Å²) < 4.78 is 25.2. The van der Waals surface area contributed by atoms with Gasteiger partial charge in [-0.3, -0.25) is 9.82 Å². The lowest BCUT2D eigenvalue weighted by atomic mass is 9.86. The summed E-state index contributed by atoms with van der Waals surface area (Å²) in [6, 6.07) is 8.10. The molecule has 6 nitrogen and oxygen atoms in total. The number of benzene rings is 1. The SMILES string of the molecule is COc1ccc(C[C@@H](CC(C)(C)S(N)=O)c2cnn(CCO[Si](C)(C)C(C)(C)C)c2)cc1. The van der Waals surface area contributed by atoms with E-state index in [9.17, 15) is 4.21 Å². The number of nitrogens with zero attached hydrogens (tertiary/aromatic N) is 2. The van der Waals surface area contributed by atoms with E-state index in [1.165, 1.54) is 5.56 Å². The zero-order valence-electron chi connectivity index (χ0n) is 21.0. The molecule has 0 aliphatic rings. The standard InChI is InChI=1S/C24H41N3O3SSi/c1-23(2,3)32(7,8)30-14-13-27-18-21(17-26-27)20(16-24(4,5)31(25)28)15-19-9-11-22(29-6)12-10-19/h9-12,17-18,20H,13-16,25H2,1-8H3/t20-,31?/m0/s1. The molecular formula is C24H41N3O3SSi. The van der Waals surface area contributed by atoms with Gasteiger partial charge in [-0.2, -0.15) is 5.10 Å². The molecule has 1 unspecified atom stereocenters. The molecule has 32 heavy (non-hydrogen) atoms. The van der Waals surface area contributed by atoms with Gasteiger partial charge in [0.15, 0.2) is 8.32 Å². The topological polar surface area (TPSA) is 79.4 Å². The highest BCUT2D eigenvalue weighted by Crippen LogP contribution is 2.36. The lowest BCUT2D eigenvalue weighted by Gasteiger charge is -2.36. The van der Waals surface area contributed by atoms with Crippen molar-refractivity contribution < 1.29 is 13.4 Å². The van der Waals surface area contributed by atoms with Crippen LogP contribution in [0.5, 0.6) is 5.75 Å². The summed E-state index contributed by atoms with van der Waals surface area (Å²) in [4.78, 5) is 0. The van der Waals surface area contributed by atoms with E-state index in [0.29, 0.717) is 19.6 Å². The minimum absolute atomic E-state index is 0.154. The molecule has 0 amide bonds. The van der Waals surface area contributed by atoms with Gasteiger partial charge in [0.05, 0.1) is 42.2 Å². The Hall–Kier alpha value is -1.48. The van der Waals surface area contributed by atoms with Crippen LogP contribution in [-0.2, 0) is 28.4 Å². The van der Waals surface area contributed by atoms with Crippen molar-refractivity contribution in [2.45, 2.75) is 82.8 Å². The van der Waals surface area contributed by atoms with E-state index in [2.05, 4.69) is 57.3 Å². The number of hydrogen-bond acceptors (Lipinski definition) is 4. The van der Waals surface area contributed by atoms with E-state index >= 15 is 0 Å². The fraction of sp³-hybridized carbons (Fsp3) is 0.625. The van der Waals surface area contributed by atoms with Crippen molar-refractivity contribution in [1.82, 2.24) is 9.78 Å². The van der Waals surface area contributed by atoms with Gasteiger partial charge in [-0.05, 0) is 74.0 Å². The van der Waals surface area contributed by atoms with Crippen LogP contribution in [0.25, 0.3) is 0 Å². The second-order valence-corrected chi connectivity index (χ2v) is 17.2. The lowest BCUT2D eigenvalue weighted by Crippen LogP contribution is -2.41. The Balaban J connectivity index is 2.15. The predicted octanol–water partition coefficient (Wildman–Crippen LogP) is 5.03. The first-order chi connectivity index (χ1) is 14.7. The highest BCUT2D eigenvalue weighted by molar-refractivity contribution is 7.84. The van der Waals surface area contributed by atoms with Crippen molar-refractivity contribution >= 4 is 19.3 Å². The summed E-state index contributed by atoms with van der Waals surface area (Å²) in [5.74, 6) is 0.990. The Kier molecular flexibility index (Phi) is 8.89. The number of methoxy groups -OCH3 is 1. The van der Waals surface area contributed by atoms with E-state index in [1.807, 2.05) is 36.9 Å². The normalized spacial score (nSPS) is 14.9. The maximum Gasteiger partial charge on any atom is 0.192 e. The van der Waals surface area contributed by atoms with E-state index in [1.54, 1.807) is 7.11 Å². The van der Waals surface area contributed by atoms with Crippen molar-refractivity contribution in [3.05, 3.63) is 47.8 Å². The molecular weight excluding hydrogens is 438 g/mol. The molecule has 0 aliphatic carbocycles. The molecule has 1 aromatic carbocycles. The van der Waals surface area contributed by atoms with Crippen molar-refractivity contribution in [2.75, 3.05) is 13.7 Å². The average molecular weight is 480 g/mol. The minimum Gasteiger partial charge on any atom is -0.497 e. The number of rotatable bonds is 11. The summed E-state index contributed by atoms with van der Waals surface area (Å²) in [6.07, 6.45) is 5.54. The molecule has 2 atom stereocenters. The van der Waals surface area contributed by atoms with E-state index in [-0.39, 0.29) is 11.0 Å². The van der Waals surface area contributed by atoms with Crippen LogP contribution >= 0.6 is 0 Å². The molecule has 0 aliphatic heterocycles. The molecule has 8 heteroatoms. The largest absolute Gasteiger partial charge is 0.497 e. The molecule has 0 spiro atoms. The van der Waals surface area contributed by atoms with Crippen LogP contribution in [0.4, 0.5) is 0 Å². The van der Waals surface area contributed by atoms with Crippen molar-refractivity contribution in [2.24, 2.45) is 5.14 Å². The quantitative estimate of drug-likeness (QED) is 0.458. The van der Waals surface area contributed by atoms with Gasteiger partial charge >= 0.3 is 0 Å². The summed E-state index contributed by atoms with van der Waals surface area (Å²) in [6.45, 7) is 16.6. The van der Waals surface area contributed by atoms with Gasteiger partial charge in [-0.25, -0.2) is 4.21 Å². The molecule has 0 radical (unpaired) electrons. The molecule has 1 aromatic heterocycles. The second-order valence-electron chi connectivity index (χ2n) is 10.7. The maximum atomic E-state index is 12.1. The van der Waals surface area contributed by atoms with Gasteiger partial charge in [0, 0.05) is 6.20 Å². The third-order valence-corrected chi connectivity index (χ3v) is 12.4. The van der Waals surface area contributed by atoms with Crippen LogP contribution in [0.1, 0.15) is 58.1 Å². The first kappa shape index (κ1) is 26.8. The van der Waals surface area contributed by atoms with Crippen LogP contribution in [0.15, 0.2) is 36.7 Å². The van der Waals surface area contributed by atoms with Crippen molar-refractivity contribution in [3.8, 4) is 5.75 Å². The van der Waals surface area contributed by atoms with Crippen molar-refractivity contribution in [3.63, 3.8) is 0 Å². The number of hydrogen-bond donors (Lipinski definition) is 1. The second kappa shape index (κ2) is 10.6. The highest BCUT2D eigenvalue weighted by atomic mass is 32.2. The Labute approximate surface area is 197 Å². The molecule has 2 aromatic rings. The van der Waals surface area contributed by atoms with Crippen LogP contribution in [-0.4, -0.2) is 40.8 Å². The summed E-state index contributed by atoms with van der Waals surface area (Å²) in [5.41, 5.74) is 2.33. The Bertz CT molecular complexity index is 889. The number of ether oxygens (including phenoxy) is 1. The van der Waals surface area contributed by atoms with Gasteiger partial charge in [0.1, 0.15) is 5.75 Å². The van der Waals surface area contributed by atoms with Crippen LogP contribution in [0.3, 0.4) is 0 Å². The Morgan fingerprint density at radius 3 is 2.31 bits per heavy atom. The van der Waals surface area contributed by atoms with Crippen LogP contribution in [0.2, 0.25) is 18.1 Å². The number of aromatic nitrogens is 2. The molecule has 0 saturated carbocycles. The number of nitrogens with two attached hydrogens (primary N) is 1. The molecule has 2 rings (SSSR count). The van der Waals surface area contributed by atoms with E-state index < -0.39 is 24.1 Å². The fourth-order valence-corrected chi connectivity index (χ4v) is 4.75. The first-order valence-corrected chi connectivity index (χ1v) is 15.3. The summed E-state index contributed by atoms with van der Waals surface area (Å²) in [7, 11) is -1.52.